The Balaban J connectivity index is 1.85. The summed E-state index contributed by atoms with van der Waals surface area (Å²) in [4.78, 5) is 2.49. The van der Waals surface area contributed by atoms with Crippen LogP contribution in [-0.4, -0.2) is 44.9 Å². The molecule has 0 saturated carbocycles. The van der Waals surface area contributed by atoms with Gasteiger partial charge in [0.2, 0.25) is 0 Å². The monoisotopic (exact) mass is 263 g/mol. The predicted octanol–water partition coefficient (Wildman–Crippen LogP) is 2.58. The number of hydrogen-bond donors (Lipinski definition) is 0. The fourth-order valence-electron chi connectivity index (χ4n) is 2.84. The van der Waals surface area contributed by atoms with Gasteiger partial charge in [-0.2, -0.15) is 0 Å². The topological polar surface area (TPSA) is 21.7 Å². The van der Waals surface area contributed by atoms with E-state index in [1.54, 1.807) is 7.11 Å². The van der Waals surface area contributed by atoms with Gasteiger partial charge in [-0.1, -0.05) is 12.1 Å². The minimum atomic E-state index is 0.890. The zero-order chi connectivity index (χ0) is 13.7. The molecule has 0 spiro atoms. The minimum Gasteiger partial charge on any atom is -0.496 e. The molecule has 0 atom stereocenters. The Morgan fingerprint density at radius 2 is 1.79 bits per heavy atom. The summed E-state index contributed by atoms with van der Waals surface area (Å²) >= 11 is 0. The molecule has 106 valence electrons. The second-order valence-electron chi connectivity index (χ2n) is 5.32. The zero-order valence-electron chi connectivity index (χ0n) is 12.4. The lowest BCUT2D eigenvalue weighted by Gasteiger charge is -2.26. The summed E-state index contributed by atoms with van der Waals surface area (Å²) in [7, 11) is 1.74. The van der Waals surface area contributed by atoms with Gasteiger partial charge in [-0.25, -0.2) is 0 Å². The van der Waals surface area contributed by atoms with E-state index in [-0.39, 0.29) is 0 Å². The van der Waals surface area contributed by atoms with Crippen LogP contribution in [0.2, 0.25) is 0 Å². The van der Waals surface area contributed by atoms with Gasteiger partial charge in [0.1, 0.15) is 5.75 Å². The van der Waals surface area contributed by atoms with Crippen molar-refractivity contribution in [1.82, 2.24) is 4.90 Å². The van der Waals surface area contributed by atoms with Gasteiger partial charge in [-0.15, -0.1) is 0 Å². The van der Waals surface area contributed by atoms with Gasteiger partial charge in [-0.05, 0) is 49.9 Å². The van der Waals surface area contributed by atoms with Crippen molar-refractivity contribution in [3.05, 3.63) is 28.8 Å². The Bertz CT molecular complexity index is 388. The summed E-state index contributed by atoms with van der Waals surface area (Å²) in [5.74, 6) is 1.02. The smallest absolute Gasteiger partial charge is 0.124 e. The molecule has 2 rings (SSSR count). The van der Waals surface area contributed by atoms with Gasteiger partial charge >= 0.3 is 0 Å². The molecule has 0 aromatic heterocycles. The standard InChI is InChI=1S/C16H25NO2/c1-13-11-15(12-14(2)16(13)18-3)5-4-6-17-7-9-19-10-8-17/h11-12H,4-10H2,1-3H3. The van der Waals surface area contributed by atoms with E-state index in [2.05, 4.69) is 30.9 Å². The van der Waals surface area contributed by atoms with Crippen LogP contribution in [0, 0.1) is 13.8 Å². The number of rotatable bonds is 5. The number of methoxy groups -OCH3 is 1. The van der Waals surface area contributed by atoms with E-state index in [4.69, 9.17) is 9.47 Å². The molecular formula is C16H25NO2. The van der Waals surface area contributed by atoms with E-state index >= 15 is 0 Å². The SMILES string of the molecule is COc1c(C)cc(CCCN2CCOCC2)cc1C. The first-order valence-corrected chi connectivity index (χ1v) is 7.15. The van der Waals surface area contributed by atoms with Crippen LogP contribution in [-0.2, 0) is 11.2 Å². The number of aryl methyl sites for hydroxylation is 3. The van der Waals surface area contributed by atoms with Crippen LogP contribution in [0.5, 0.6) is 5.75 Å². The first kappa shape index (κ1) is 14.4. The Kier molecular flexibility index (Phi) is 5.23. The molecule has 1 aliphatic heterocycles. The third-order valence-corrected chi connectivity index (χ3v) is 3.77. The molecule has 0 unspecified atom stereocenters. The molecule has 1 aliphatic rings. The van der Waals surface area contributed by atoms with Crippen molar-refractivity contribution in [2.45, 2.75) is 26.7 Å². The van der Waals surface area contributed by atoms with Crippen molar-refractivity contribution in [3.8, 4) is 5.75 Å². The van der Waals surface area contributed by atoms with Crippen LogP contribution in [0.25, 0.3) is 0 Å². The summed E-state index contributed by atoms with van der Waals surface area (Å²) in [6.45, 7) is 9.37. The number of nitrogens with zero attached hydrogens (tertiary/aromatic N) is 1. The molecule has 1 aromatic carbocycles. The Morgan fingerprint density at radius 3 is 2.37 bits per heavy atom. The van der Waals surface area contributed by atoms with Crippen molar-refractivity contribution in [1.29, 1.82) is 0 Å². The largest absolute Gasteiger partial charge is 0.496 e. The minimum absolute atomic E-state index is 0.890. The average Bonchev–Trinajstić information content (AvgIpc) is 2.40. The Morgan fingerprint density at radius 1 is 1.16 bits per heavy atom. The quantitative estimate of drug-likeness (QED) is 0.815. The first-order chi connectivity index (χ1) is 9.20. The third-order valence-electron chi connectivity index (χ3n) is 3.77. The van der Waals surface area contributed by atoms with Gasteiger partial charge in [0.05, 0.1) is 20.3 Å². The predicted molar refractivity (Wildman–Crippen MR) is 78.0 cm³/mol. The second kappa shape index (κ2) is 6.92. The molecule has 19 heavy (non-hydrogen) atoms. The highest BCUT2D eigenvalue weighted by Crippen LogP contribution is 2.24. The molecular weight excluding hydrogens is 238 g/mol. The van der Waals surface area contributed by atoms with Gasteiger partial charge in [0.25, 0.3) is 0 Å². The van der Waals surface area contributed by atoms with Crippen LogP contribution in [0.4, 0.5) is 0 Å². The van der Waals surface area contributed by atoms with Gasteiger partial charge in [0.15, 0.2) is 0 Å². The van der Waals surface area contributed by atoms with E-state index in [0.29, 0.717) is 0 Å². The average molecular weight is 263 g/mol. The third kappa shape index (κ3) is 3.95. The number of ether oxygens (including phenoxy) is 2. The van der Waals surface area contributed by atoms with Crippen molar-refractivity contribution >= 4 is 0 Å². The van der Waals surface area contributed by atoms with Crippen LogP contribution >= 0.6 is 0 Å². The first-order valence-electron chi connectivity index (χ1n) is 7.15. The Labute approximate surface area is 116 Å². The van der Waals surface area contributed by atoms with Crippen molar-refractivity contribution in [2.24, 2.45) is 0 Å². The highest BCUT2D eigenvalue weighted by Gasteiger charge is 2.10. The van der Waals surface area contributed by atoms with Crippen molar-refractivity contribution in [3.63, 3.8) is 0 Å². The maximum atomic E-state index is 5.41. The van der Waals surface area contributed by atoms with E-state index < -0.39 is 0 Å². The van der Waals surface area contributed by atoms with Crippen LogP contribution in [0.1, 0.15) is 23.1 Å². The zero-order valence-corrected chi connectivity index (χ0v) is 12.4. The summed E-state index contributed by atoms with van der Waals surface area (Å²) in [6, 6.07) is 4.51. The summed E-state index contributed by atoms with van der Waals surface area (Å²) in [5.41, 5.74) is 3.90. The molecule has 0 bridgehead atoms. The Hall–Kier alpha value is -1.06. The van der Waals surface area contributed by atoms with Gasteiger partial charge in [-0.3, -0.25) is 4.90 Å². The number of morpholine rings is 1. The molecule has 0 aliphatic carbocycles. The second-order valence-corrected chi connectivity index (χ2v) is 5.32. The van der Waals surface area contributed by atoms with Crippen LogP contribution < -0.4 is 4.74 Å². The normalized spacial score (nSPS) is 16.6. The molecule has 1 heterocycles. The molecule has 3 heteroatoms. The lowest BCUT2D eigenvalue weighted by molar-refractivity contribution is 0.0374. The highest BCUT2D eigenvalue weighted by molar-refractivity contribution is 5.43. The van der Waals surface area contributed by atoms with E-state index in [1.165, 1.54) is 29.7 Å². The summed E-state index contributed by atoms with van der Waals surface area (Å²) in [6.07, 6.45) is 2.36. The molecule has 3 nitrogen and oxygen atoms in total. The van der Waals surface area contributed by atoms with E-state index in [1.807, 2.05) is 0 Å². The van der Waals surface area contributed by atoms with Crippen LogP contribution in [0.15, 0.2) is 12.1 Å². The fourth-order valence-corrected chi connectivity index (χ4v) is 2.84. The molecule has 0 N–H and O–H groups in total. The summed E-state index contributed by atoms with van der Waals surface area (Å²) < 4.78 is 10.8. The summed E-state index contributed by atoms with van der Waals surface area (Å²) in [5, 5.41) is 0. The molecule has 0 radical (unpaired) electrons. The lowest BCUT2D eigenvalue weighted by atomic mass is 10.0. The molecule has 1 saturated heterocycles. The number of hydrogen-bond acceptors (Lipinski definition) is 3. The lowest BCUT2D eigenvalue weighted by Crippen LogP contribution is -2.36. The highest BCUT2D eigenvalue weighted by atomic mass is 16.5. The maximum Gasteiger partial charge on any atom is 0.124 e. The van der Waals surface area contributed by atoms with E-state index in [9.17, 15) is 0 Å². The van der Waals surface area contributed by atoms with Gasteiger partial charge < -0.3 is 9.47 Å². The number of benzene rings is 1. The van der Waals surface area contributed by atoms with Crippen molar-refractivity contribution < 1.29 is 9.47 Å². The maximum absolute atomic E-state index is 5.41. The van der Waals surface area contributed by atoms with E-state index in [0.717, 1.165) is 38.5 Å². The van der Waals surface area contributed by atoms with Crippen LogP contribution in [0.3, 0.4) is 0 Å². The van der Waals surface area contributed by atoms with Crippen molar-refractivity contribution in [2.75, 3.05) is 40.0 Å². The molecule has 0 amide bonds. The molecule has 1 fully saturated rings. The molecule has 1 aromatic rings. The van der Waals surface area contributed by atoms with Gasteiger partial charge in [0, 0.05) is 13.1 Å². The fraction of sp³-hybridized carbons (Fsp3) is 0.625.